The molecule has 0 amide bonds. The van der Waals surface area contributed by atoms with Crippen molar-refractivity contribution in [2.45, 2.75) is 4.90 Å². The minimum atomic E-state index is -3.70. The molecule has 0 bridgehead atoms. The fourth-order valence-electron chi connectivity index (χ4n) is 1.68. The highest BCUT2D eigenvalue weighted by Crippen LogP contribution is 2.23. The summed E-state index contributed by atoms with van der Waals surface area (Å²) in [6.45, 7) is 0. The van der Waals surface area contributed by atoms with E-state index < -0.39 is 10.0 Å². The summed E-state index contributed by atoms with van der Waals surface area (Å²) in [4.78, 5) is 0.0365. The third-order valence-electron chi connectivity index (χ3n) is 2.84. The fourth-order valence-corrected chi connectivity index (χ4v) is 2.88. The third kappa shape index (κ3) is 2.74. The van der Waals surface area contributed by atoms with Crippen molar-refractivity contribution in [2.75, 3.05) is 16.6 Å². The first kappa shape index (κ1) is 14.3. The monoisotopic (exact) mass is 293 g/mol. The summed E-state index contributed by atoms with van der Waals surface area (Å²) in [5.74, 6) is 0. The maximum atomic E-state index is 12.4. The number of rotatable bonds is 4. The van der Waals surface area contributed by atoms with Crippen molar-refractivity contribution in [2.24, 2.45) is 0 Å². The Hall–Kier alpha value is -2.09. The van der Waals surface area contributed by atoms with Crippen molar-refractivity contribution in [1.82, 2.24) is 0 Å². The molecule has 0 fully saturated rings. The molecule has 0 spiro atoms. The van der Waals surface area contributed by atoms with E-state index in [1.165, 1.54) is 31.3 Å². The molecule has 0 unspecified atom stereocenters. The van der Waals surface area contributed by atoms with Crippen LogP contribution in [0.5, 0.6) is 0 Å². The number of benzene rings is 2. The largest absolute Gasteiger partial charge is 0.733 e. The first-order valence-corrected chi connectivity index (χ1v) is 7.17. The van der Waals surface area contributed by atoms with Gasteiger partial charge in [0.05, 0.1) is 16.3 Å². The molecule has 0 aliphatic carbocycles. The molecule has 0 aliphatic rings. The number of anilines is 2. The predicted octanol–water partition coefficient (Wildman–Crippen LogP) is 2.21. The molecule has 2 rings (SSSR count). The van der Waals surface area contributed by atoms with Gasteiger partial charge in [0.1, 0.15) is 0 Å². The Bertz CT molecular complexity index is 669. The van der Waals surface area contributed by atoms with Crippen LogP contribution >= 0.6 is 0 Å². The Morgan fingerprint density at radius 1 is 0.950 bits per heavy atom. The SMILES string of the molecule is CN(c1ccccc1)S(=O)(=O)c1ccc(N([O-])O)cc1. The summed E-state index contributed by atoms with van der Waals surface area (Å²) in [5.41, 5.74) is 0.496. The van der Waals surface area contributed by atoms with Crippen molar-refractivity contribution in [3.05, 3.63) is 59.8 Å². The quantitative estimate of drug-likeness (QED) is 0.874. The Morgan fingerprint density at radius 2 is 1.50 bits per heavy atom. The molecule has 2 aromatic rings. The second-order valence-electron chi connectivity index (χ2n) is 4.07. The van der Waals surface area contributed by atoms with Gasteiger partial charge in [-0.2, -0.15) is 0 Å². The minimum Gasteiger partial charge on any atom is -0.733 e. The molecular weight excluding hydrogens is 280 g/mol. The molecule has 0 saturated heterocycles. The summed E-state index contributed by atoms with van der Waals surface area (Å²) in [6.07, 6.45) is 0. The van der Waals surface area contributed by atoms with Crippen LogP contribution in [-0.2, 0) is 10.0 Å². The van der Waals surface area contributed by atoms with Crippen LogP contribution in [0.2, 0.25) is 0 Å². The number of para-hydroxylation sites is 1. The summed E-state index contributed by atoms with van der Waals surface area (Å²) >= 11 is 0. The Balaban J connectivity index is 2.35. The van der Waals surface area contributed by atoms with Gasteiger partial charge in [0.25, 0.3) is 10.0 Å². The summed E-state index contributed by atoms with van der Waals surface area (Å²) < 4.78 is 25.9. The van der Waals surface area contributed by atoms with Crippen molar-refractivity contribution < 1.29 is 13.6 Å². The van der Waals surface area contributed by atoms with Crippen molar-refractivity contribution in [3.63, 3.8) is 0 Å². The van der Waals surface area contributed by atoms with E-state index in [2.05, 4.69) is 0 Å². The Morgan fingerprint density at radius 3 is 2.00 bits per heavy atom. The van der Waals surface area contributed by atoms with E-state index in [1.807, 2.05) is 0 Å². The van der Waals surface area contributed by atoms with Crippen LogP contribution in [0.25, 0.3) is 0 Å². The zero-order valence-electron chi connectivity index (χ0n) is 10.7. The second kappa shape index (κ2) is 5.49. The van der Waals surface area contributed by atoms with Gasteiger partial charge in [-0.05, 0) is 36.4 Å². The molecule has 0 atom stereocenters. The molecule has 0 saturated carbocycles. The lowest BCUT2D eigenvalue weighted by Gasteiger charge is -2.23. The van der Waals surface area contributed by atoms with Gasteiger partial charge in [0.15, 0.2) is 0 Å². The van der Waals surface area contributed by atoms with E-state index in [0.717, 1.165) is 4.31 Å². The molecule has 20 heavy (non-hydrogen) atoms. The lowest BCUT2D eigenvalue weighted by molar-refractivity contribution is 0.296. The van der Waals surface area contributed by atoms with Gasteiger partial charge in [-0.3, -0.25) is 9.51 Å². The normalized spacial score (nSPS) is 11.2. The molecular formula is C13H13N2O4S-. The molecule has 106 valence electrons. The average molecular weight is 293 g/mol. The third-order valence-corrected chi connectivity index (χ3v) is 4.64. The maximum Gasteiger partial charge on any atom is 0.264 e. The van der Waals surface area contributed by atoms with Gasteiger partial charge < -0.3 is 10.4 Å². The lowest BCUT2D eigenvalue weighted by Crippen LogP contribution is -2.26. The van der Waals surface area contributed by atoms with Gasteiger partial charge in [0, 0.05) is 7.05 Å². The molecule has 2 aromatic carbocycles. The van der Waals surface area contributed by atoms with Crippen LogP contribution in [0.1, 0.15) is 0 Å². The van der Waals surface area contributed by atoms with E-state index >= 15 is 0 Å². The zero-order valence-corrected chi connectivity index (χ0v) is 11.5. The van der Waals surface area contributed by atoms with Crippen LogP contribution in [-0.4, -0.2) is 20.7 Å². The van der Waals surface area contributed by atoms with Gasteiger partial charge in [0.2, 0.25) is 0 Å². The standard InChI is InChI=1S/C13H13N2O4S/c1-14(11-5-3-2-4-6-11)20(18,19)13-9-7-12(8-10-13)15(16)17/h2-10,16H,1H3/q-1. The molecule has 0 aliphatic heterocycles. The molecule has 0 aromatic heterocycles. The van der Waals surface area contributed by atoms with E-state index in [-0.39, 0.29) is 15.8 Å². The fraction of sp³-hybridized carbons (Fsp3) is 0.0769. The number of hydrogen-bond acceptors (Lipinski definition) is 5. The summed E-state index contributed by atoms with van der Waals surface area (Å²) in [6, 6.07) is 13.6. The van der Waals surface area contributed by atoms with Gasteiger partial charge in [-0.15, -0.1) is 0 Å². The first-order chi connectivity index (χ1) is 9.43. The van der Waals surface area contributed by atoms with E-state index in [9.17, 15) is 13.6 Å². The van der Waals surface area contributed by atoms with Crippen LogP contribution in [0, 0.1) is 5.21 Å². The van der Waals surface area contributed by atoms with Crippen LogP contribution in [0.3, 0.4) is 0 Å². The Kier molecular flexibility index (Phi) is 3.93. The maximum absolute atomic E-state index is 12.4. The van der Waals surface area contributed by atoms with Crippen molar-refractivity contribution in [3.8, 4) is 0 Å². The van der Waals surface area contributed by atoms with Crippen LogP contribution < -0.4 is 9.53 Å². The van der Waals surface area contributed by atoms with Gasteiger partial charge in [-0.25, -0.2) is 8.42 Å². The number of nitrogens with zero attached hydrogens (tertiary/aromatic N) is 2. The number of hydrogen-bond donors (Lipinski definition) is 1. The highest BCUT2D eigenvalue weighted by atomic mass is 32.2. The summed E-state index contributed by atoms with van der Waals surface area (Å²) in [5, 5.41) is 19.1. The second-order valence-corrected chi connectivity index (χ2v) is 6.04. The molecule has 1 N–H and O–H groups in total. The minimum absolute atomic E-state index is 0.0358. The highest BCUT2D eigenvalue weighted by Gasteiger charge is 2.20. The average Bonchev–Trinajstić information content (AvgIpc) is 2.47. The van der Waals surface area contributed by atoms with E-state index in [1.54, 1.807) is 30.3 Å². The van der Waals surface area contributed by atoms with Gasteiger partial charge in [-0.1, -0.05) is 18.2 Å². The molecule has 0 heterocycles. The Labute approximate surface area is 117 Å². The molecule has 7 heteroatoms. The zero-order chi connectivity index (χ0) is 14.8. The predicted molar refractivity (Wildman–Crippen MR) is 76.1 cm³/mol. The first-order valence-electron chi connectivity index (χ1n) is 5.73. The van der Waals surface area contributed by atoms with Crippen molar-refractivity contribution in [1.29, 1.82) is 0 Å². The highest BCUT2D eigenvalue weighted by molar-refractivity contribution is 7.92. The van der Waals surface area contributed by atoms with Gasteiger partial charge >= 0.3 is 0 Å². The lowest BCUT2D eigenvalue weighted by atomic mass is 10.3. The van der Waals surface area contributed by atoms with Crippen LogP contribution in [0.4, 0.5) is 11.4 Å². The van der Waals surface area contributed by atoms with Crippen molar-refractivity contribution >= 4 is 21.4 Å². The van der Waals surface area contributed by atoms with Crippen LogP contribution in [0.15, 0.2) is 59.5 Å². The topological polar surface area (TPSA) is 83.9 Å². The molecule has 0 radical (unpaired) electrons. The number of sulfonamides is 1. The summed E-state index contributed by atoms with van der Waals surface area (Å²) in [7, 11) is -2.25. The smallest absolute Gasteiger partial charge is 0.264 e. The van der Waals surface area contributed by atoms with E-state index in [0.29, 0.717) is 5.69 Å². The molecule has 6 nitrogen and oxygen atoms in total. The van der Waals surface area contributed by atoms with E-state index in [4.69, 9.17) is 5.21 Å².